The Kier molecular flexibility index (Phi) is 4.77. The second-order valence-electron chi connectivity index (χ2n) is 4.91. The first-order valence-corrected chi connectivity index (χ1v) is 6.69. The minimum Gasteiger partial charge on any atom is -0.459 e. The normalized spacial score (nSPS) is 12.0. The van der Waals surface area contributed by atoms with Crippen molar-refractivity contribution in [1.82, 2.24) is 5.32 Å². The molecule has 2 aromatic rings. The van der Waals surface area contributed by atoms with Crippen LogP contribution in [0.1, 0.15) is 24.4 Å². The van der Waals surface area contributed by atoms with Gasteiger partial charge in [-0.1, -0.05) is 32.0 Å². The Balaban J connectivity index is 2.05. The van der Waals surface area contributed by atoms with Gasteiger partial charge in [-0.05, 0) is 30.2 Å². The standard InChI is InChI=1S/C16H17NO4/c1-11(2)14(17-15(18)13-9-6-10-20-13)16(19)21-12-7-4-3-5-8-12/h3-11,14H,1-2H3,(H,17,18)/t14-/m0/s1. The van der Waals surface area contributed by atoms with Crippen molar-refractivity contribution in [3.63, 3.8) is 0 Å². The highest BCUT2D eigenvalue weighted by Gasteiger charge is 2.27. The van der Waals surface area contributed by atoms with E-state index < -0.39 is 17.9 Å². The van der Waals surface area contributed by atoms with Gasteiger partial charge in [0.2, 0.25) is 0 Å². The second kappa shape index (κ2) is 6.74. The number of furan rings is 1. The average molecular weight is 287 g/mol. The summed E-state index contributed by atoms with van der Waals surface area (Å²) in [5, 5.41) is 2.63. The van der Waals surface area contributed by atoms with Gasteiger partial charge in [0.1, 0.15) is 11.8 Å². The van der Waals surface area contributed by atoms with Gasteiger partial charge in [-0.3, -0.25) is 4.79 Å². The molecule has 1 amide bonds. The first-order chi connectivity index (χ1) is 10.1. The molecule has 0 spiro atoms. The number of ether oxygens (including phenoxy) is 1. The third-order valence-electron chi connectivity index (χ3n) is 2.91. The number of hydrogen-bond donors (Lipinski definition) is 1. The van der Waals surface area contributed by atoms with Crippen molar-refractivity contribution >= 4 is 11.9 Å². The zero-order valence-corrected chi connectivity index (χ0v) is 11.9. The zero-order valence-electron chi connectivity index (χ0n) is 11.9. The number of para-hydroxylation sites is 1. The van der Waals surface area contributed by atoms with Crippen LogP contribution in [0.25, 0.3) is 0 Å². The van der Waals surface area contributed by atoms with E-state index in [4.69, 9.17) is 9.15 Å². The molecule has 2 rings (SSSR count). The minimum atomic E-state index is -0.747. The van der Waals surface area contributed by atoms with Crippen LogP contribution in [0.3, 0.4) is 0 Å². The Hall–Kier alpha value is -2.56. The van der Waals surface area contributed by atoms with E-state index in [9.17, 15) is 9.59 Å². The zero-order chi connectivity index (χ0) is 15.2. The maximum absolute atomic E-state index is 12.2. The summed E-state index contributed by atoms with van der Waals surface area (Å²) in [6.07, 6.45) is 1.40. The molecule has 1 aromatic heterocycles. The molecule has 0 aliphatic heterocycles. The number of benzene rings is 1. The first-order valence-electron chi connectivity index (χ1n) is 6.69. The summed E-state index contributed by atoms with van der Waals surface area (Å²) in [6, 6.07) is 11.1. The van der Waals surface area contributed by atoms with Gasteiger partial charge in [-0.15, -0.1) is 0 Å². The van der Waals surface area contributed by atoms with Crippen molar-refractivity contribution in [2.24, 2.45) is 5.92 Å². The molecule has 1 heterocycles. The molecular formula is C16H17NO4. The molecule has 5 heteroatoms. The highest BCUT2D eigenvalue weighted by Crippen LogP contribution is 2.12. The Morgan fingerprint density at radius 1 is 1.10 bits per heavy atom. The van der Waals surface area contributed by atoms with Gasteiger partial charge in [0, 0.05) is 0 Å². The maximum atomic E-state index is 12.2. The summed E-state index contributed by atoms with van der Waals surface area (Å²) in [4.78, 5) is 24.2. The Bertz CT molecular complexity index is 590. The van der Waals surface area contributed by atoms with Crippen LogP contribution in [-0.4, -0.2) is 17.9 Å². The van der Waals surface area contributed by atoms with Crippen LogP contribution < -0.4 is 10.1 Å². The van der Waals surface area contributed by atoms with Crippen LogP contribution in [0.2, 0.25) is 0 Å². The van der Waals surface area contributed by atoms with Gasteiger partial charge in [0.15, 0.2) is 5.76 Å². The number of carbonyl (C=O) groups excluding carboxylic acids is 2. The van der Waals surface area contributed by atoms with Crippen LogP contribution in [-0.2, 0) is 4.79 Å². The lowest BCUT2D eigenvalue weighted by Gasteiger charge is -2.20. The Labute approximate surface area is 122 Å². The SMILES string of the molecule is CC(C)[C@H](NC(=O)c1ccco1)C(=O)Oc1ccccc1. The van der Waals surface area contributed by atoms with E-state index in [2.05, 4.69) is 5.32 Å². The summed E-state index contributed by atoms with van der Waals surface area (Å²) in [5.74, 6) is -0.450. The lowest BCUT2D eigenvalue weighted by atomic mass is 10.0. The predicted molar refractivity (Wildman–Crippen MR) is 76.9 cm³/mol. The average Bonchev–Trinajstić information content (AvgIpc) is 2.99. The number of amides is 1. The third-order valence-corrected chi connectivity index (χ3v) is 2.91. The molecule has 0 saturated carbocycles. The number of carbonyl (C=O) groups is 2. The van der Waals surface area contributed by atoms with Crippen molar-refractivity contribution in [2.75, 3.05) is 0 Å². The molecular weight excluding hydrogens is 270 g/mol. The minimum absolute atomic E-state index is 0.111. The van der Waals surface area contributed by atoms with Crippen LogP contribution in [0.5, 0.6) is 5.75 Å². The van der Waals surface area contributed by atoms with E-state index in [1.54, 1.807) is 30.3 Å². The lowest BCUT2D eigenvalue weighted by Crippen LogP contribution is -2.46. The van der Waals surface area contributed by atoms with Gasteiger partial charge in [-0.2, -0.15) is 0 Å². The Morgan fingerprint density at radius 2 is 1.81 bits per heavy atom. The summed E-state index contributed by atoms with van der Waals surface area (Å²) >= 11 is 0. The molecule has 5 nitrogen and oxygen atoms in total. The quantitative estimate of drug-likeness (QED) is 0.678. The van der Waals surface area contributed by atoms with Gasteiger partial charge in [0.05, 0.1) is 6.26 Å². The molecule has 110 valence electrons. The number of esters is 1. The molecule has 0 bridgehead atoms. The predicted octanol–water partition coefficient (Wildman–Crippen LogP) is 2.64. The van der Waals surface area contributed by atoms with Crippen LogP contribution >= 0.6 is 0 Å². The molecule has 0 fully saturated rings. The van der Waals surface area contributed by atoms with Crippen molar-refractivity contribution in [1.29, 1.82) is 0 Å². The van der Waals surface area contributed by atoms with Crippen molar-refractivity contribution in [2.45, 2.75) is 19.9 Å². The fourth-order valence-electron chi connectivity index (χ4n) is 1.79. The molecule has 0 aliphatic carbocycles. The van der Waals surface area contributed by atoms with Crippen LogP contribution in [0.15, 0.2) is 53.1 Å². The molecule has 1 aromatic carbocycles. The van der Waals surface area contributed by atoms with Crippen molar-refractivity contribution in [3.05, 3.63) is 54.5 Å². The Morgan fingerprint density at radius 3 is 2.38 bits per heavy atom. The van der Waals surface area contributed by atoms with Gasteiger partial charge >= 0.3 is 5.97 Å². The fraction of sp³-hybridized carbons (Fsp3) is 0.250. The number of rotatable bonds is 5. The molecule has 21 heavy (non-hydrogen) atoms. The summed E-state index contributed by atoms with van der Waals surface area (Å²) in [6.45, 7) is 3.67. The van der Waals surface area contributed by atoms with E-state index in [1.807, 2.05) is 19.9 Å². The van der Waals surface area contributed by atoms with Crippen LogP contribution in [0.4, 0.5) is 0 Å². The highest BCUT2D eigenvalue weighted by atomic mass is 16.5. The highest BCUT2D eigenvalue weighted by molar-refractivity contribution is 5.94. The van der Waals surface area contributed by atoms with E-state index >= 15 is 0 Å². The summed E-state index contributed by atoms with van der Waals surface area (Å²) in [7, 11) is 0. The largest absolute Gasteiger partial charge is 0.459 e. The topological polar surface area (TPSA) is 68.5 Å². The van der Waals surface area contributed by atoms with E-state index in [0.29, 0.717) is 5.75 Å². The van der Waals surface area contributed by atoms with Gasteiger partial charge < -0.3 is 14.5 Å². The smallest absolute Gasteiger partial charge is 0.334 e. The molecule has 0 radical (unpaired) electrons. The fourth-order valence-corrected chi connectivity index (χ4v) is 1.79. The molecule has 0 saturated heterocycles. The van der Waals surface area contributed by atoms with Crippen LogP contribution in [0, 0.1) is 5.92 Å². The van der Waals surface area contributed by atoms with E-state index in [1.165, 1.54) is 12.3 Å². The molecule has 0 unspecified atom stereocenters. The van der Waals surface area contributed by atoms with Crippen molar-refractivity contribution < 1.29 is 18.7 Å². The number of hydrogen-bond acceptors (Lipinski definition) is 4. The first kappa shape index (κ1) is 14.8. The molecule has 1 atom stereocenters. The molecule has 0 aliphatic rings. The third kappa shape index (κ3) is 3.95. The van der Waals surface area contributed by atoms with E-state index in [0.717, 1.165) is 0 Å². The maximum Gasteiger partial charge on any atom is 0.334 e. The lowest BCUT2D eigenvalue weighted by molar-refractivity contribution is -0.137. The monoisotopic (exact) mass is 287 g/mol. The van der Waals surface area contributed by atoms with Gasteiger partial charge in [-0.25, -0.2) is 4.79 Å². The second-order valence-corrected chi connectivity index (χ2v) is 4.91. The number of nitrogens with one attached hydrogen (secondary N) is 1. The summed E-state index contributed by atoms with van der Waals surface area (Å²) < 4.78 is 10.3. The molecule has 1 N–H and O–H groups in total. The van der Waals surface area contributed by atoms with Crippen molar-refractivity contribution in [3.8, 4) is 5.75 Å². The summed E-state index contributed by atoms with van der Waals surface area (Å²) in [5.41, 5.74) is 0. The van der Waals surface area contributed by atoms with E-state index in [-0.39, 0.29) is 11.7 Å². The van der Waals surface area contributed by atoms with Gasteiger partial charge in [0.25, 0.3) is 5.91 Å².